The molecule has 0 radical (unpaired) electrons. The molecule has 0 unspecified atom stereocenters. The molecule has 3 heteroatoms. The molecule has 0 aliphatic rings. The van der Waals surface area contributed by atoms with Crippen molar-refractivity contribution in [3.63, 3.8) is 0 Å². The molecule has 1 aromatic heterocycles. The first-order valence-electron chi connectivity index (χ1n) is 4.27. The average molecular weight is 197 g/mol. The first kappa shape index (κ1) is 10.4. The average Bonchev–Trinajstić information content (AvgIpc) is 2.50. The number of nitrogens with two attached hydrogens (primary N) is 1. The van der Waals surface area contributed by atoms with Crippen LogP contribution in [0, 0.1) is 12.3 Å². The van der Waals surface area contributed by atoms with Crippen molar-refractivity contribution in [3.05, 3.63) is 21.9 Å². The van der Waals surface area contributed by atoms with Crippen molar-refractivity contribution < 1.29 is 4.79 Å². The van der Waals surface area contributed by atoms with Gasteiger partial charge in [-0.15, -0.1) is 11.3 Å². The van der Waals surface area contributed by atoms with Crippen molar-refractivity contribution in [1.82, 2.24) is 0 Å². The molecule has 1 rings (SSSR count). The first-order chi connectivity index (χ1) is 5.97. The minimum atomic E-state index is -0.437. The molecule has 0 spiro atoms. The van der Waals surface area contributed by atoms with Crippen molar-refractivity contribution in [1.29, 1.82) is 0 Å². The summed E-state index contributed by atoms with van der Waals surface area (Å²) in [5.74, 6) is 0.138. The second-order valence-electron chi connectivity index (χ2n) is 3.86. The van der Waals surface area contributed by atoms with E-state index in [-0.39, 0.29) is 5.78 Å². The van der Waals surface area contributed by atoms with Crippen LogP contribution in [-0.4, -0.2) is 12.3 Å². The van der Waals surface area contributed by atoms with Gasteiger partial charge in [0.2, 0.25) is 0 Å². The Labute approximate surface area is 82.8 Å². The Morgan fingerprint density at radius 2 is 2.23 bits per heavy atom. The minimum absolute atomic E-state index is 0.138. The van der Waals surface area contributed by atoms with E-state index in [1.807, 2.05) is 32.2 Å². The Kier molecular flexibility index (Phi) is 2.88. The highest BCUT2D eigenvalue weighted by atomic mass is 32.1. The van der Waals surface area contributed by atoms with Crippen molar-refractivity contribution in [2.45, 2.75) is 20.8 Å². The topological polar surface area (TPSA) is 43.1 Å². The minimum Gasteiger partial charge on any atom is -0.329 e. The van der Waals surface area contributed by atoms with Gasteiger partial charge < -0.3 is 5.73 Å². The lowest BCUT2D eigenvalue weighted by Crippen LogP contribution is -2.32. The maximum atomic E-state index is 11.8. The fourth-order valence-electron chi connectivity index (χ4n) is 1.05. The lowest BCUT2D eigenvalue weighted by Gasteiger charge is -2.19. The van der Waals surface area contributed by atoms with E-state index < -0.39 is 5.41 Å². The normalized spacial score (nSPS) is 11.7. The summed E-state index contributed by atoms with van der Waals surface area (Å²) in [5.41, 5.74) is 5.89. The van der Waals surface area contributed by atoms with Crippen LogP contribution in [0.2, 0.25) is 0 Å². The molecule has 0 saturated carbocycles. The molecule has 0 fully saturated rings. The van der Waals surface area contributed by atoms with Gasteiger partial charge in [-0.2, -0.15) is 0 Å². The summed E-state index contributed by atoms with van der Waals surface area (Å²) in [6, 6.07) is 1.92. The Hall–Kier alpha value is -0.670. The zero-order valence-corrected chi connectivity index (χ0v) is 9.07. The molecule has 13 heavy (non-hydrogen) atoms. The van der Waals surface area contributed by atoms with E-state index in [4.69, 9.17) is 5.73 Å². The number of ketones is 1. The van der Waals surface area contributed by atoms with E-state index in [9.17, 15) is 4.79 Å². The van der Waals surface area contributed by atoms with Crippen LogP contribution in [0.1, 0.15) is 29.1 Å². The summed E-state index contributed by atoms with van der Waals surface area (Å²) in [5, 5.41) is 1.90. The number of hydrogen-bond acceptors (Lipinski definition) is 3. The van der Waals surface area contributed by atoms with E-state index >= 15 is 0 Å². The summed E-state index contributed by atoms with van der Waals surface area (Å²) >= 11 is 1.60. The molecule has 0 bridgehead atoms. The summed E-state index contributed by atoms with van der Waals surface area (Å²) in [6.07, 6.45) is 0. The largest absolute Gasteiger partial charge is 0.329 e. The van der Waals surface area contributed by atoms with Crippen LogP contribution in [-0.2, 0) is 0 Å². The smallest absolute Gasteiger partial charge is 0.170 e. The van der Waals surface area contributed by atoms with Crippen LogP contribution in [0.15, 0.2) is 11.4 Å². The third-order valence-corrected chi connectivity index (χ3v) is 2.98. The van der Waals surface area contributed by atoms with Gasteiger partial charge in [0.25, 0.3) is 0 Å². The summed E-state index contributed by atoms with van der Waals surface area (Å²) in [6.45, 7) is 6.14. The first-order valence-corrected chi connectivity index (χ1v) is 5.15. The van der Waals surface area contributed by atoms with Crippen LogP contribution < -0.4 is 5.73 Å². The molecular weight excluding hydrogens is 182 g/mol. The van der Waals surface area contributed by atoms with Gasteiger partial charge in [0, 0.05) is 27.8 Å². The Morgan fingerprint density at radius 1 is 1.62 bits per heavy atom. The summed E-state index contributed by atoms with van der Waals surface area (Å²) < 4.78 is 0. The highest BCUT2D eigenvalue weighted by molar-refractivity contribution is 7.10. The van der Waals surface area contributed by atoms with Gasteiger partial charge in [-0.25, -0.2) is 0 Å². The van der Waals surface area contributed by atoms with Crippen molar-refractivity contribution in [2.75, 3.05) is 6.54 Å². The van der Waals surface area contributed by atoms with E-state index in [1.165, 1.54) is 0 Å². The van der Waals surface area contributed by atoms with E-state index in [0.717, 1.165) is 10.4 Å². The number of aryl methyl sites for hydroxylation is 1. The molecule has 0 atom stereocenters. The summed E-state index contributed by atoms with van der Waals surface area (Å²) in [7, 11) is 0. The molecule has 0 amide bonds. The number of rotatable bonds is 3. The van der Waals surface area contributed by atoms with Gasteiger partial charge in [-0.3, -0.25) is 4.79 Å². The predicted molar refractivity (Wildman–Crippen MR) is 56.2 cm³/mol. The fraction of sp³-hybridized carbons (Fsp3) is 0.500. The number of thiophene rings is 1. The third kappa shape index (κ3) is 2.17. The van der Waals surface area contributed by atoms with Crippen LogP contribution in [0.3, 0.4) is 0 Å². The summed E-state index contributed by atoms with van der Waals surface area (Å²) in [4.78, 5) is 13.0. The molecule has 0 aliphatic heterocycles. The highest BCUT2D eigenvalue weighted by Gasteiger charge is 2.27. The van der Waals surface area contributed by atoms with Crippen LogP contribution >= 0.6 is 11.3 Å². The Morgan fingerprint density at radius 3 is 2.62 bits per heavy atom. The second-order valence-corrected chi connectivity index (χ2v) is 4.98. The maximum absolute atomic E-state index is 11.8. The quantitative estimate of drug-likeness (QED) is 0.755. The van der Waals surface area contributed by atoms with Crippen LogP contribution in [0.4, 0.5) is 0 Å². The van der Waals surface area contributed by atoms with E-state index in [0.29, 0.717) is 6.54 Å². The number of carbonyl (C=O) groups excluding carboxylic acids is 1. The second kappa shape index (κ2) is 3.60. The molecule has 1 aromatic rings. The van der Waals surface area contributed by atoms with E-state index in [1.54, 1.807) is 11.3 Å². The number of Topliss-reactive ketones (excluding diaryl/α,β-unsaturated/α-hetero) is 1. The van der Waals surface area contributed by atoms with Crippen molar-refractivity contribution >= 4 is 17.1 Å². The van der Waals surface area contributed by atoms with E-state index in [2.05, 4.69) is 0 Å². The molecule has 0 aromatic carbocycles. The van der Waals surface area contributed by atoms with Gasteiger partial charge in [-0.1, -0.05) is 13.8 Å². The zero-order valence-electron chi connectivity index (χ0n) is 8.26. The van der Waals surface area contributed by atoms with Gasteiger partial charge in [0.15, 0.2) is 5.78 Å². The monoisotopic (exact) mass is 197 g/mol. The lowest BCUT2D eigenvalue weighted by atomic mass is 9.85. The molecular formula is C10H15NOS. The Bertz CT molecular complexity index is 314. The van der Waals surface area contributed by atoms with Gasteiger partial charge >= 0.3 is 0 Å². The molecule has 0 saturated heterocycles. The molecule has 2 N–H and O–H groups in total. The Balaban J connectivity index is 2.91. The SMILES string of the molecule is Cc1cc(C(=O)C(C)(C)CN)cs1. The lowest BCUT2D eigenvalue weighted by molar-refractivity contribution is 0.0848. The zero-order chi connectivity index (χ0) is 10.1. The number of carbonyl (C=O) groups is 1. The number of hydrogen-bond donors (Lipinski definition) is 1. The van der Waals surface area contributed by atoms with Crippen molar-refractivity contribution in [2.24, 2.45) is 11.1 Å². The van der Waals surface area contributed by atoms with Gasteiger partial charge in [-0.05, 0) is 13.0 Å². The highest BCUT2D eigenvalue weighted by Crippen LogP contribution is 2.23. The third-order valence-electron chi connectivity index (χ3n) is 2.12. The molecule has 72 valence electrons. The van der Waals surface area contributed by atoms with Crippen molar-refractivity contribution in [3.8, 4) is 0 Å². The predicted octanol–water partition coefficient (Wildman–Crippen LogP) is 2.22. The maximum Gasteiger partial charge on any atom is 0.170 e. The van der Waals surface area contributed by atoms with Crippen LogP contribution in [0.5, 0.6) is 0 Å². The standard InChI is InChI=1S/C10H15NOS/c1-7-4-8(5-13-7)9(12)10(2,3)6-11/h4-5H,6,11H2,1-3H3. The van der Waals surface area contributed by atoms with Gasteiger partial charge in [0.1, 0.15) is 0 Å². The van der Waals surface area contributed by atoms with Gasteiger partial charge in [0.05, 0.1) is 0 Å². The fourth-order valence-corrected chi connectivity index (χ4v) is 1.73. The molecule has 2 nitrogen and oxygen atoms in total. The van der Waals surface area contributed by atoms with Crippen LogP contribution in [0.25, 0.3) is 0 Å². The molecule has 0 aliphatic carbocycles. The molecule has 1 heterocycles.